The number of halogens is 1. The van der Waals surface area contributed by atoms with Crippen LogP contribution in [0.15, 0.2) is 54.1 Å². The molecule has 0 fully saturated rings. The Bertz CT molecular complexity index is 613. The molecule has 3 rings (SSSR count). The topological polar surface area (TPSA) is 20.2 Å². The van der Waals surface area contributed by atoms with Crippen LogP contribution in [0.2, 0.25) is 5.02 Å². The van der Waals surface area contributed by atoms with Gasteiger partial charge in [0.25, 0.3) is 0 Å². The molecule has 2 aromatic carbocycles. The molecule has 0 saturated carbocycles. The van der Waals surface area contributed by atoms with E-state index in [1.807, 2.05) is 42.5 Å². The number of aryl methyl sites for hydroxylation is 1. The van der Waals surface area contributed by atoms with Crippen LogP contribution in [-0.4, -0.2) is 5.11 Å². The first-order valence-corrected chi connectivity index (χ1v) is 6.84. The van der Waals surface area contributed by atoms with Gasteiger partial charge in [0.05, 0.1) is 0 Å². The summed E-state index contributed by atoms with van der Waals surface area (Å²) in [6, 6.07) is 15.8. The molecule has 0 amide bonds. The molecule has 1 N–H and O–H groups in total. The fourth-order valence-corrected chi connectivity index (χ4v) is 2.69. The van der Waals surface area contributed by atoms with Crippen LogP contribution in [0, 0.1) is 0 Å². The average Bonchev–Trinajstić information content (AvgIpc) is 2.45. The molecule has 1 nitrogen and oxygen atoms in total. The third-order valence-electron chi connectivity index (χ3n) is 3.61. The van der Waals surface area contributed by atoms with Crippen LogP contribution in [0.25, 0.3) is 6.08 Å². The highest BCUT2D eigenvalue weighted by Crippen LogP contribution is 2.34. The van der Waals surface area contributed by atoms with Crippen LogP contribution in [0.5, 0.6) is 0 Å². The lowest BCUT2D eigenvalue weighted by Crippen LogP contribution is -2.11. The minimum absolute atomic E-state index is 0.486. The van der Waals surface area contributed by atoms with Gasteiger partial charge < -0.3 is 5.11 Å². The van der Waals surface area contributed by atoms with Crippen LogP contribution < -0.4 is 0 Å². The predicted octanol–water partition coefficient (Wildman–Crippen LogP) is 4.40. The standard InChI is InChI=1S/C17H15ClO/c18-15-9-5-12(6-10-15)11-14-8-7-13-3-1-2-4-16(13)17(14)19/h1-6,9-11,17,19H,7-8H2/t17-/m1/s1. The Labute approximate surface area is 118 Å². The maximum Gasteiger partial charge on any atom is 0.101 e. The van der Waals surface area contributed by atoms with Gasteiger partial charge in [0.15, 0.2) is 0 Å². The molecule has 0 unspecified atom stereocenters. The molecule has 0 radical (unpaired) electrons. The van der Waals surface area contributed by atoms with Crippen LogP contribution in [0.3, 0.4) is 0 Å². The van der Waals surface area contributed by atoms with Gasteiger partial charge >= 0.3 is 0 Å². The normalized spacial score (nSPS) is 20.3. The molecule has 1 atom stereocenters. The second kappa shape index (κ2) is 5.20. The molecular weight excluding hydrogens is 256 g/mol. The molecule has 0 aliphatic heterocycles. The molecule has 96 valence electrons. The third-order valence-corrected chi connectivity index (χ3v) is 3.86. The van der Waals surface area contributed by atoms with E-state index in [2.05, 4.69) is 12.1 Å². The molecular formula is C17H15ClO. The SMILES string of the molecule is O[C@@H]1C(=Cc2ccc(Cl)cc2)CCc2ccccc21. The van der Waals surface area contributed by atoms with E-state index in [1.54, 1.807) is 0 Å². The minimum atomic E-state index is -0.486. The number of rotatable bonds is 1. The summed E-state index contributed by atoms with van der Waals surface area (Å²) in [4.78, 5) is 0. The van der Waals surface area contributed by atoms with Crippen LogP contribution in [0.4, 0.5) is 0 Å². The highest BCUT2D eigenvalue weighted by molar-refractivity contribution is 6.30. The number of hydrogen-bond acceptors (Lipinski definition) is 1. The lowest BCUT2D eigenvalue weighted by molar-refractivity contribution is 0.206. The van der Waals surface area contributed by atoms with E-state index in [1.165, 1.54) is 5.56 Å². The summed E-state index contributed by atoms with van der Waals surface area (Å²) in [6.07, 6.45) is 3.48. The summed E-state index contributed by atoms with van der Waals surface area (Å²) in [6.45, 7) is 0. The Morgan fingerprint density at radius 3 is 2.53 bits per heavy atom. The maximum atomic E-state index is 10.4. The van der Waals surface area contributed by atoms with Gasteiger partial charge in [0.2, 0.25) is 0 Å². The highest BCUT2D eigenvalue weighted by atomic mass is 35.5. The van der Waals surface area contributed by atoms with E-state index in [0.29, 0.717) is 0 Å². The summed E-state index contributed by atoms with van der Waals surface area (Å²) < 4.78 is 0. The zero-order chi connectivity index (χ0) is 13.2. The molecule has 1 aliphatic rings. The summed E-state index contributed by atoms with van der Waals surface area (Å²) in [5.74, 6) is 0. The van der Waals surface area contributed by atoms with E-state index in [-0.39, 0.29) is 0 Å². The van der Waals surface area contributed by atoms with Crippen molar-refractivity contribution >= 4 is 17.7 Å². The van der Waals surface area contributed by atoms with Crippen LogP contribution >= 0.6 is 11.6 Å². The molecule has 19 heavy (non-hydrogen) atoms. The third kappa shape index (κ3) is 2.58. The highest BCUT2D eigenvalue weighted by Gasteiger charge is 2.21. The molecule has 0 bridgehead atoms. The van der Waals surface area contributed by atoms with Crippen molar-refractivity contribution in [2.24, 2.45) is 0 Å². The van der Waals surface area contributed by atoms with Gasteiger partial charge in [-0.2, -0.15) is 0 Å². The first-order valence-electron chi connectivity index (χ1n) is 6.46. The largest absolute Gasteiger partial charge is 0.384 e. The maximum absolute atomic E-state index is 10.4. The van der Waals surface area contributed by atoms with Crippen molar-refractivity contribution in [3.63, 3.8) is 0 Å². The molecule has 0 heterocycles. The van der Waals surface area contributed by atoms with Gasteiger partial charge in [-0.3, -0.25) is 0 Å². The first-order chi connectivity index (χ1) is 9.24. The predicted molar refractivity (Wildman–Crippen MR) is 79.2 cm³/mol. The van der Waals surface area contributed by atoms with Crippen molar-refractivity contribution in [1.29, 1.82) is 0 Å². The zero-order valence-corrected chi connectivity index (χ0v) is 11.3. The molecule has 2 aromatic rings. The second-order valence-electron chi connectivity index (χ2n) is 4.87. The van der Waals surface area contributed by atoms with E-state index in [4.69, 9.17) is 11.6 Å². The monoisotopic (exact) mass is 270 g/mol. The quantitative estimate of drug-likeness (QED) is 0.814. The van der Waals surface area contributed by atoms with Crippen LogP contribution in [0.1, 0.15) is 29.2 Å². The van der Waals surface area contributed by atoms with Gasteiger partial charge in [-0.25, -0.2) is 0 Å². The van der Waals surface area contributed by atoms with Gasteiger partial charge in [-0.05, 0) is 47.2 Å². The van der Waals surface area contributed by atoms with Gasteiger partial charge in [0, 0.05) is 5.02 Å². The molecule has 0 aromatic heterocycles. The second-order valence-corrected chi connectivity index (χ2v) is 5.31. The van der Waals surface area contributed by atoms with Gasteiger partial charge in [0.1, 0.15) is 6.10 Å². The van der Waals surface area contributed by atoms with E-state index < -0.39 is 6.10 Å². The van der Waals surface area contributed by atoms with Crippen molar-refractivity contribution in [3.05, 3.63) is 75.8 Å². The Hall–Kier alpha value is -1.57. The van der Waals surface area contributed by atoms with Crippen molar-refractivity contribution < 1.29 is 5.11 Å². The lowest BCUT2D eigenvalue weighted by atomic mass is 9.85. The number of hydrogen-bond donors (Lipinski definition) is 1. The van der Waals surface area contributed by atoms with E-state index >= 15 is 0 Å². The Morgan fingerprint density at radius 2 is 1.74 bits per heavy atom. The number of fused-ring (bicyclic) bond motifs is 1. The van der Waals surface area contributed by atoms with E-state index in [0.717, 1.165) is 34.6 Å². The Kier molecular flexibility index (Phi) is 3.41. The minimum Gasteiger partial charge on any atom is -0.384 e. The summed E-state index contributed by atoms with van der Waals surface area (Å²) in [5, 5.41) is 11.2. The first kappa shape index (κ1) is 12.5. The van der Waals surface area contributed by atoms with Crippen molar-refractivity contribution in [2.45, 2.75) is 18.9 Å². The van der Waals surface area contributed by atoms with E-state index in [9.17, 15) is 5.11 Å². The molecule has 0 spiro atoms. The summed E-state index contributed by atoms with van der Waals surface area (Å²) in [7, 11) is 0. The average molecular weight is 271 g/mol. The molecule has 0 saturated heterocycles. The van der Waals surface area contributed by atoms with Crippen molar-refractivity contribution in [3.8, 4) is 0 Å². The van der Waals surface area contributed by atoms with Gasteiger partial charge in [-0.1, -0.05) is 54.1 Å². The Morgan fingerprint density at radius 1 is 1.00 bits per heavy atom. The summed E-state index contributed by atoms with van der Waals surface area (Å²) >= 11 is 5.88. The number of aliphatic hydroxyl groups is 1. The van der Waals surface area contributed by atoms with Crippen molar-refractivity contribution in [2.75, 3.05) is 0 Å². The van der Waals surface area contributed by atoms with Crippen molar-refractivity contribution in [1.82, 2.24) is 0 Å². The molecule has 2 heteroatoms. The Balaban J connectivity index is 1.93. The zero-order valence-electron chi connectivity index (χ0n) is 10.5. The smallest absolute Gasteiger partial charge is 0.101 e. The van der Waals surface area contributed by atoms with Crippen LogP contribution in [-0.2, 0) is 6.42 Å². The lowest BCUT2D eigenvalue weighted by Gasteiger charge is -2.24. The fourth-order valence-electron chi connectivity index (χ4n) is 2.57. The molecule has 1 aliphatic carbocycles. The fraction of sp³-hybridized carbons (Fsp3) is 0.176. The van der Waals surface area contributed by atoms with Gasteiger partial charge in [-0.15, -0.1) is 0 Å². The number of benzene rings is 2. The number of aliphatic hydroxyl groups excluding tert-OH is 1. The summed E-state index contributed by atoms with van der Waals surface area (Å²) in [5.41, 5.74) is 4.44.